The first-order valence-electron chi connectivity index (χ1n) is 7.50. The zero-order chi connectivity index (χ0) is 14.4. The lowest BCUT2D eigenvalue weighted by Gasteiger charge is -2.54. The Morgan fingerprint density at radius 3 is 2.25 bits per heavy atom. The van der Waals surface area contributed by atoms with Crippen LogP contribution in [0.2, 0.25) is 0 Å². The summed E-state index contributed by atoms with van der Waals surface area (Å²) in [5.41, 5.74) is 2.67. The molecule has 1 heterocycles. The first-order valence-corrected chi connectivity index (χ1v) is 7.50. The van der Waals surface area contributed by atoms with Gasteiger partial charge in [-0.15, -0.1) is 0 Å². The van der Waals surface area contributed by atoms with E-state index in [9.17, 15) is 4.79 Å². The van der Waals surface area contributed by atoms with Crippen molar-refractivity contribution in [1.29, 1.82) is 0 Å². The number of rotatable bonds is 2. The predicted octanol–water partition coefficient (Wildman–Crippen LogP) is 2.47. The Bertz CT molecular complexity index is 501. The smallest absolute Gasteiger partial charge is 0.251 e. The molecule has 2 fully saturated rings. The van der Waals surface area contributed by atoms with Crippen molar-refractivity contribution in [2.24, 2.45) is 5.41 Å². The van der Waals surface area contributed by atoms with E-state index in [0.717, 1.165) is 31.5 Å². The van der Waals surface area contributed by atoms with Gasteiger partial charge in [-0.3, -0.25) is 4.79 Å². The quantitative estimate of drug-likeness (QED) is 0.868. The van der Waals surface area contributed by atoms with Crippen molar-refractivity contribution in [2.45, 2.75) is 45.1 Å². The first-order chi connectivity index (χ1) is 9.38. The molecule has 1 aliphatic carbocycles. The minimum absolute atomic E-state index is 0.0672. The number of carbonyl (C=O) groups is 1. The minimum atomic E-state index is 0.0672. The molecule has 0 radical (unpaired) electrons. The molecule has 2 N–H and O–H groups in total. The van der Waals surface area contributed by atoms with Crippen molar-refractivity contribution in [1.82, 2.24) is 10.6 Å². The fraction of sp³-hybridized carbons (Fsp3) is 0.588. The minimum Gasteiger partial charge on any atom is -0.349 e. The second-order valence-corrected chi connectivity index (χ2v) is 7.51. The number of hydrogen-bond donors (Lipinski definition) is 2. The van der Waals surface area contributed by atoms with Crippen molar-refractivity contribution in [3.05, 3.63) is 35.4 Å². The summed E-state index contributed by atoms with van der Waals surface area (Å²) in [5.74, 6) is 0.0672. The topological polar surface area (TPSA) is 41.1 Å². The zero-order valence-corrected chi connectivity index (χ0v) is 12.6. The highest BCUT2D eigenvalue weighted by Crippen LogP contribution is 2.44. The lowest BCUT2D eigenvalue weighted by atomic mass is 9.61. The van der Waals surface area contributed by atoms with Crippen LogP contribution in [0.5, 0.6) is 0 Å². The molecule has 1 spiro atoms. The van der Waals surface area contributed by atoms with Gasteiger partial charge in [0, 0.05) is 24.7 Å². The van der Waals surface area contributed by atoms with E-state index in [1.165, 1.54) is 5.56 Å². The lowest BCUT2D eigenvalue weighted by molar-refractivity contribution is 0.0232. The summed E-state index contributed by atoms with van der Waals surface area (Å²) in [6, 6.07) is 8.37. The van der Waals surface area contributed by atoms with Crippen LogP contribution < -0.4 is 10.6 Å². The van der Waals surface area contributed by atoms with Gasteiger partial charge >= 0.3 is 0 Å². The van der Waals surface area contributed by atoms with Crippen LogP contribution in [0, 0.1) is 5.41 Å². The fourth-order valence-electron chi connectivity index (χ4n) is 3.25. The Kier molecular flexibility index (Phi) is 3.13. The SMILES string of the molecule is CC(C)(C)c1ccc(C(=O)NC2CC3(CNC3)C2)cc1. The Morgan fingerprint density at radius 2 is 1.80 bits per heavy atom. The number of amides is 1. The van der Waals surface area contributed by atoms with Gasteiger partial charge in [0.2, 0.25) is 0 Å². The van der Waals surface area contributed by atoms with Gasteiger partial charge in [0.15, 0.2) is 0 Å². The van der Waals surface area contributed by atoms with E-state index >= 15 is 0 Å². The van der Waals surface area contributed by atoms with E-state index in [2.05, 4.69) is 43.5 Å². The summed E-state index contributed by atoms with van der Waals surface area (Å²) in [7, 11) is 0. The van der Waals surface area contributed by atoms with E-state index in [1.807, 2.05) is 12.1 Å². The molecule has 0 atom stereocenters. The number of nitrogens with one attached hydrogen (secondary N) is 2. The maximum absolute atomic E-state index is 12.2. The molecule has 20 heavy (non-hydrogen) atoms. The van der Waals surface area contributed by atoms with Gasteiger partial charge < -0.3 is 10.6 Å². The third-order valence-electron chi connectivity index (χ3n) is 4.71. The van der Waals surface area contributed by atoms with Gasteiger partial charge in [0.25, 0.3) is 5.91 Å². The fourth-order valence-corrected chi connectivity index (χ4v) is 3.25. The Hall–Kier alpha value is -1.35. The van der Waals surface area contributed by atoms with Gasteiger partial charge in [0.1, 0.15) is 0 Å². The van der Waals surface area contributed by atoms with E-state index in [1.54, 1.807) is 0 Å². The second kappa shape index (κ2) is 4.59. The molecule has 3 nitrogen and oxygen atoms in total. The van der Waals surface area contributed by atoms with Crippen molar-refractivity contribution in [3.8, 4) is 0 Å². The third-order valence-corrected chi connectivity index (χ3v) is 4.71. The van der Waals surface area contributed by atoms with E-state index < -0.39 is 0 Å². The average Bonchev–Trinajstić information content (AvgIpc) is 2.29. The molecule has 3 rings (SSSR count). The number of hydrogen-bond acceptors (Lipinski definition) is 2. The summed E-state index contributed by atoms with van der Waals surface area (Å²) in [5, 5.41) is 6.46. The monoisotopic (exact) mass is 272 g/mol. The second-order valence-electron chi connectivity index (χ2n) is 7.51. The predicted molar refractivity (Wildman–Crippen MR) is 80.9 cm³/mol. The summed E-state index contributed by atoms with van der Waals surface area (Å²) >= 11 is 0. The molecule has 0 aromatic heterocycles. The number of carbonyl (C=O) groups excluding carboxylic acids is 1. The van der Waals surface area contributed by atoms with Crippen LogP contribution in [-0.4, -0.2) is 25.0 Å². The lowest BCUT2D eigenvalue weighted by Crippen LogP contribution is -2.65. The highest BCUT2D eigenvalue weighted by molar-refractivity contribution is 5.94. The third kappa shape index (κ3) is 2.47. The van der Waals surface area contributed by atoms with Crippen LogP contribution >= 0.6 is 0 Å². The van der Waals surface area contributed by atoms with Crippen LogP contribution in [0.4, 0.5) is 0 Å². The Labute approximate surface area is 121 Å². The van der Waals surface area contributed by atoms with Gasteiger partial charge in [-0.25, -0.2) is 0 Å². The van der Waals surface area contributed by atoms with Crippen molar-refractivity contribution in [3.63, 3.8) is 0 Å². The normalized spacial score (nSPS) is 21.1. The van der Waals surface area contributed by atoms with Gasteiger partial charge in [-0.05, 0) is 41.4 Å². The van der Waals surface area contributed by atoms with E-state index in [-0.39, 0.29) is 11.3 Å². The molecule has 3 heteroatoms. The standard InChI is InChI=1S/C17H24N2O/c1-16(2,3)13-6-4-12(5-7-13)15(20)19-14-8-17(9-14)10-18-11-17/h4-7,14,18H,8-11H2,1-3H3,(H,19,20). The molecule has 1 saturated carbocycles. The molecule has 1 saturated heterocycles. The van der Waals surface area contributed by atoms with Crippen molar-refractivity contribution in [2.75, 3.05) is 13.1 Å². The number of benzene rings is 1. The molecular formula is C17H24N2O. The zero-order valence-electron chi connectivity index (χ0n) is 12.6. The van der Waals surface area contributed by atoms with Crippen LogP contribution in [-0.2, 0) is 5.41 Å². The van der Waals surface area contributed by atoms with Crippen LogP contribution in [0.15, 0.2) is 24.3 Å². The molecule has 1 amide bonds. The van der Waals surface area contributed by atoms with Crippen LogP contribution in [0.25, 0.3) is 0 Å². The van der Waals surface area contributed by atoms with Gasteiger partial charge in [0.05, 0.1) is 0 Å². The summed E-state index contributed by atoms with van der Waals surface area (Å²) < 4.78 is 0. The summed E-state index contributed by atoms with van der Waals surface area (Å²) in [4.78, 5) is 12.2. The maximum atomic E-state index is 12.2. The van der Waals surface area contributed by atoms with E-state index in [0.29, 0.717) is 11.5 Å². The van der Waals surface area contributed by atoms with Crippen LogP contribution in [0.1, 0.15) is 49.5 Å². The highest BCUT2D eigenvalue weighted by atomic mass is 16.1. The van der Waals surface area contributed by atoms with Gasteiger partial charge in [-0.1, -0.05) is 32.9 Å². The molecule has 0 unspecified atom stereocenters. The first kappa shape index (κ1) is 13.6. The molecule has 1 aromatic carbocycles. The highest BCUT2D eigenvalue weighted by Gasteiger charge is 2.48. The summed E-state index contributed by atoms with van der Waals surface area (Å²) in [6.07, 6.45) is 2.26. The molecule has 108 valence electrons. The molecule has 1 aliphatic heterocycles. The Balaban J connectivity index is 1.57. The van der Waals surface area contributed by atoms with E-state index in [4.69, 9.17) is 0 Å². The van der Waals surface area contributed by atoms with Crippen LogP contribution in [0.3, 0.4) is 0 Å². The molecule has 1 aromatic rings. The largest absolute Gasteiger partial charge is 0.349 e. The molecular weight excluding hydrogens is 248 g/mol. The van der Waals surface area contributed by atoms with Crippen molar-refractivity contribution >= 4 is 5.91 Å². The van der Waals surface area contributed by atoms with Crippen molar-refractivity contribution < 1.29 is 4.79 Å². The summed E-state index contributed by atoms with van der Waals surface area (Å²) in [6.45, 7) is 8.80. The molecule has 0 bridgehead atoms. The molecule has 2 aliphatic rings. The van der Waals surface area contributed by atoms with Gasteiger partial charge in [-0.2, -0.15) is 0 Å². The Morgan fingerprint density at radius 1 is 1.20 bits per heavy atom. The average molecular weight is 272 g/mol. The maximum Gasteiger partial charge on any atom is 0.251 e.